The second-order valence-electron chi connectivity index (χ2n) is 6.90. The molecule has 116 valence electrons. The highest BCUT2D eigenvalue weighted by atomic mass is 32.1. The first kappa shape index (κ1) is 15.3. The van der Waals surface area contributed by atoms with E-state index >= 15 is 0 Å². The molecule has 0 bridgehead atoms. The highest BCUT2D eigenvalue weighted by Crippen LogP contribution is 2.45. The van der Waals surface area contributed by atoms with Crippen molar-refractivity contribution in [3.8, 4) is 10.4 Å². The summed E-state index contributed by atoms with van der Waals surface area (Å²) in [5.74, 6) is -0.787. The molecule has 0 radical (unpaired) electrons. The average molecular weight is 314 g/mol. The highest BCUT2D eigenvalue weighted by Gasteiger charge is 2.32. The van der Waals surface area contributed by atoms with Crippen LogP contribution in [0.5, 0.6) is 0 Å². The van der Waals surface area contributed by atoms with Gasteiger partial charge in [0.2, 0.25) is 0 Å². The van der Waals surface area contributed by atoms with Crippen molar-refractivity contribution < 1.29 is 9.90 Å². The number of carboxylic acids is 1. The molecule has 1 aliphatic rings. The van der Waals surface area contributed by atoms with Gasteiger partial charge >= 0.3 is 5.97 Å². The van der Waals surface area contributed by atoms with Crippen LogP contribution in [0.15, 0.2) is 24.3 Å². The van der Waals surface area contributed by atoms with Gasteiger partial charge in [0.15, 0.2) is 0 Å². The predicted molar refractivity (Wildman–Crippen MR) is 91.9 cm³/mol. The van der Waals surface area contributed by atoms with E-state index < -0.39 is 5.97 Å². The van der Waals surface area contributed by atoms with E-state index in [9.17, 15) is 9.90 Å². The van der Waals surface area contributed by atoms with Gasteiger partial charge in [0.1, 0.15) is 0 Å². The molecular weight excluding hydrogens is 292 g/mol. The van der Waals surface area contributed by atoms with Gasteiger partial charge in [-0.25, -0.2) is 4.79 Å². The van der Waals surface area contributed by atoms with Gasteiger partial charge in [-0.15, -0.1) is 11.3 Å². The molecule has 3 rings (SSSR count). The lowest BCUT2D eigenvalue weighted by Crippen LogP contribution is -2.22. The van der Waals surface area contributed by atoms with Crippen LogP contribution < -0.4 is 0 Å². The molecule has 0 spiro atoms. The van der Waals surface area contributed by atoms with Gasteiger partial charge in [-0.2, -0.15) is 0 Å². The molecule has 0 atom stereocenters. The minimum atomic E-state index is -0.787. The van der Waals surface area contributed by atoms with E-state index in [1.807, 2.05) is 0 Å². The molecule has 2 aromatic rings. The van der Waals surface area contributed by atoms with Crippen LogP contribution in [-0.4, -0.2) is 11.1 Å². The van der Waals surface area contributed by atoms with Gasteiger partial charge in [0, 0.05) is 9.75 Å². The van der Waals surface area contributed by atoms with Gasteiger partial charge in [-0.05, 0) is 47.8 Å². The Morgan fingerprint density at radius 1 is 1.27 bits per heavy atom. The van der Waals surface area contributed by atoms with Gasteiger partial charge in [-0.3, -0.25) is 0 Å². The molecule has 0 unspecified atom stereocenters. The monoisotopic (exact) mass is 314 g/mol. The van der Waals surface area contributed by atoms with Gasteiger partial charge in [0.25, 0.3) is 0 Å². The topological polar surface area (TPSA) is 37.3 Å². The third kappa shape index (κ3) is 2.70. The Kier molecular flexibility index (Phi) is 3.85. The van der Waals surface area contributed by atoms with Crippen LogP contribution in [0.4, 0.5) is 0 Å². The van der Waals surface area contributed by atoms with E-state index in [-0.39, 0.29) is 5.41 Å². The number of aryl methyl sites for hydroxylation is 2. The minimum Gasteiger partial charge on any atom is -0.478 e. The molecule has 1 aromatic carbocycles. The van der Waals surface area contributed by atoms with E-state index in [0.29, 0.717) is 5.56 Å². The largest absolute Gasteiger partial charge is 0.478 e. The number of carboxylic acid groups (broad SMARTS) is 1. The summed E-state index contributed by atoms with van der Waals surface area (Å²) in [5, 5.41) is 9.75. The summed E-state index contributed by atoms with van der Waals surface area (Å²) >= 11 is 1.68. The fourth-order valence-corrected chi connectivity index (χ4v) is 4.56. The number of aromatic carboxylic acids is 1. The normalized spacial score (nSPS) is 16.3. The van der Waals surface area contributed by atoms with Crippen molar-refractivity contribution in [3.05, 3.63) is 45.8 Å². The van der Waals surface area contributed by atoms with E-state index in [4.69, 9.17) is 0 Å². The summed E-state index contributed by atoms with van der Waals surface area (Å²) in [4.78, 5) is 14.1. The maximum absolute atomic E-state index is 11.9. The number of hydrogen-bond donors (Lipinski definition) is 1. The Balaban J connectivity index is 2.12. The molecule has 1 aliphatic carbocycles. The van der Waals surface area contributed by atoms with Crippen LogP contribution in [0.25, 0.3) is 10.4 Å². The number of fused-ring (bicyclic) bond motifs is 1. The maximum atomic E-state index is 11.9. The van der Waals surface area contributed by atoms with E-state index in [1.54, 1.807) is 11.3 Å². The Morgan fingerprint density at radius 3 is 2.55 bits per heavy atom. The van der Waals surface area contributed by atoms with Gasteiger partial charge < -0.3 is 5.11 Å². The molecule has 1 heterocycles. The number of thiophene rings is 1. The van der Waals surface area contributed by atoms with Crippen molar-refractivity contribution in [3.63, 3.8) is 0 Å². The lowest BCUT2D eigenvalue weighted by molar-refractivity contribution is 0.0696. The summed E-state index contributed by atoms with van der Waals surface area (Å²) in [6, 6.07) is 8.33. The number of carbonyl (C=O) groups is 1. The second kappa shape index (κ2) is 5.54. The summed E-state index contributed by atoms with van der Waals surface area (Å²) in [5.41, 5.74) is 4.12. The average Bonchev–Trinajstić information content (AvgIpc) is 2.84. The lowest BCUT2D eigenvalue weighted by atomic mass is 9.76. The number of benzene rings is 1. The zero-order valence-corrected chi connectivity index (χ0v) is 14.2. The van der Waals surface area contributed by atoms with Gasteiger partial charge in [-0.1, -0.05) is 45.0 Å². The molecule has 0 saturated carbocycles. The number of rotatable bonds is 3. The summed E-state index contributed by atoms with van der Waals surface area (Å²) < 4.78 is 0. The Hall–Kier alpha value is -1.61. The molecule has 0 saturated heterocycles. The maximum Gasteiger partial charge on any atom is 0.337 e. The molecule has 2 nitrogen and oxygen atoms in total. The van der Waals surface area contributed by atoms with Crippen molar-refractivity contribution >= 4 is 17.3 Å². The molecule has 0 amide bonds. The SMILES string of the molecule is CCc1ccc(-c2sc3c(c2C(=O)O)CC(C)(C)CC3)cc1. The molecule has 22 heavy (non-hydrogen) atoms. The Bertz CT molecular complexity index is 708. The van der Waals surface area contributed by atoms with Crippen LogP contribution in [0.2, 0.25) is 0 Å². The fraction of sp³-hybridized carbons (Fsp3) is 0.421. The molecule has 3 heteroatoms. The molecule has 1 N–H and O–H groups in total. The summed E-state index contributed by atoms with van der Waals surface area (Å²) in [6.07, 6.45) is 4.00. The van der Waals surface area contributed by atoms with Crippen LogP contribution in [-0.2, 0) is 19.3 Å². The zero-order chi connectivity index (χ0) is 15.9. The van der Waals surface area contributed by atoms with Gasteiger partial charge in [0.05, 0.1) is 5.56 Å². The lowest BCUT2D eigenvalue weighted by Gasteiger charge is -2.29. The third-order valence-electron chi connectivity index (χ3n) is 4.61. The highest BCUT2D eigenvalue weighted by molar-refractivity contribution is 7.16. The fourth-order valence-electron chi connectivity index (χ4n) is 3.24. The zero-order valence-electron chi connectivity index (χ0n) is 13.4. The van der Waals surface area contributed by atoms with Crippen molar-refractivity contribution in [1.82, 2.24) is 0 Å². The summed E-state index contributed by atoms with van der Waals surface area (Å²) in [6.45, 7) is 6.59. The van der Waals surface area contributed by atoms with Crippen LogP contribution in [0, 0.1) is 5.41 Å². The molecule has 0 fully saturated rings. The molecule has 0 aliphatic heterocycles. The number of hydrogen-bond acceptors (Lipinski definition) is 2. The quantitative estimate of drug-likeness (QED) is 0.846. The van der Waals surface area contributed by atoms with E-state index in [0.717, 1.165) is 41.7 Å². The molecular formula is C19H22O2S. The van der Waals surface area contributed by atoms with Crippen molar-refractivity contribution in [2.75, 3.05) is 0 Å². The standard InChI is InChI=1S/C19H22O2S/c1-4-12-5-7-13(8-6-12)17-16(18(20)21)14-11-19(2,3)10-9-15(14)22-17/h5-8H,4,9-11H2,1-3H3,(H,20,21). The Labute approximate surface area is 135 Å². The Morgan fingerprint density at radius 2 is 1.95 bits per heavy atom. The smallest absolute Gasteiger partial charge is 0.337 e. The van der Waals surface area contributed by atoms with E-state index in [1.165, 1.54) is 10.4 Å². The second-order valence-corrected chi connectivity index (χ2v) is 8.01. The molecule has 1 aromatic heterocycles. The first-order valence-electron chi connectivity index (χ1n) is 7.88. The minimum absolute atomic E-state index is 0.196. The van der Waals surface area contributed by atoms with Crippen LogP contribution >= 0.6 is 11.3 Å². The van der Waals surface area contributed by atoms with E-state index in [2.05, 4.69) is 45.0 Å². The van der Waals surface area contributed by atoms with Crippen molar-refractivity contribution in [1.29, 1.82) is 0 Å². The first-order valence-corrected chi connectivity index (χ1v) is 8.70. The summed E-state index contributed by atoms with van der Waals surface area (Å²) in [7, 11) is 0. The van der Waals surface area contributed by atoms with Crippen molar-refractivity contribution in [2.24, 2.45) is 5.41 Å². The van der Waals surface area contributed by atoms with Crippen molar-refractivity contribution in [2.45, 2.75) is 46.5 Å². The van der Waals surface area contributed by atoms with Crippen LogP contribution in [0.3, 0.4) is 0 Å². The predicted octanol–water partition coefficient (Wildman–Crippen LogP) is 5.19. The first-order chi connectivity index (χ1) is 10.4. The third-order valence-corrected chi connectivity index (χ3v) is 5.95. The van der Waals surface area contributed by atoms with Crippen LogP contribution in [0.1, 0.15) is 53.6 Å².